The fourth-order valence-electron chi connectivity index (χ4n) is 2.96. The van der Waals surface area contributed by atoms with E-state index in [4.69, 9.17) is 18.9 Å². The van der Waals surface area contributed by atoms with E-state index in [1.54, 1.807) is 6.92 Å². The van der Waals surface area contributed by atoms with Crippen molar-refractivity contribution in [1.82, 2.24) is 0 Å². The second-order valence-electron chi connectivity index (χ2n) is 8.94. The maximum Gasteiger partial charge on any atom is 0.333 e. The van der Waals surface area contributed by atoms with E-state index in [-0.39, 0.29) is 49.6 Å². The smallest absolute Gasteiger partial charge is 0.333 e. The molecule has 1 atom stereocenters. The van der Waals surface area contributed by atoms with Gasteiger partial charge in [0.2, 0.25) is 0 Å². The lowest BCUT2D eigenvalue weighted by Crippen LogP contribution is -2.42. The fourth-order valence-corrected chi connectivity index (χ4v) is 2.96. The second kappa shape index (κ2) is 15.5. The van der Waals surface area contributed by atoms with Gasteiger partial charge in [-0.1, -0.05) is 33.9 Å². The van der Waals surface area contributed by atoms with Gasteiger partial charge < -0.3 is 24.1 Å². The molecule has 9 heteroatoms. The van der Waals surface area contributed by atoms with Crippen LogP contribution < -0.4 is 0 Å². The minimum atomic E-state index is -1.06. The molecule has 0 aliphatic rings. The largest absolute Gasteiger partial charge is 0.458 e. The molecule has 0 rings (SSSR count). The van der Waals surface area contributed by atoms with E-state index in [9.17, 15) is 24.3 Å². The molecule has 0 saturated carbocycles. The van der Waals surface area contributed by atoms with Gasteiger partial charge in [-0.2, -0.15) is 0 Å². The molecule has 0 aromatic heterocycles. The van der Waals surface area contributed by atoms with Crippen molar-refractivity contribution in [2.75, 3.05) is 19.8 Å². The summed E-state index contributed by atoms with van der Waals surface area (Å²) in [6.07, 6.45) is 0.382. The van der Waals surface area contributed by atoms with E-state index in [2.05, 4.69) is 13.2 Å². The Morgan fingerprint density at radius 2 is 1.34 bits per heavy atom. The average molecular weight is 499 g/mol. The van der Waals surface area contributed by atoms with Crippen molar-refractivity contribution >= 4 is 23.7 Å². The van der Waals surface area contributed by atoms with E-state index in [1.807, 2.05) is 20.8 Å². The van der Waals surface area contributed by atoms with Crippen LogP contribution in [0.15, 0.2) is 24.3 Å². The first-order valence-corrected chi connectivity index (χ1v) is 12.0. The summed E-state index contributed by atoms with van der Waals surface area (Å²) in [6, 6.07) is 0. The molecule has 0 aromatic rings. The molecule has 0 spiro atoms. The summed E-state index contributed by atoms with van der Waals surface area (Å²) in [4.78, 5) is 48.8. The SMILES string of the molecule is C=C(C)C(=O)OCC(COC(=O)C(=C)C)OC(=O)CCC(=O)C(CC)(CC)OCCC(C)(O)CC. The number of rotatable bonds is 18. The molecule has 1 N–H and O–H groups in total. The van der Waals surface area contributed by atoms with Crippen LogP contribution in [0.25, 0.3) is 0 Å². The minimum absolute atomic E-state index is 0.117. The van der Waals surface area contributed by atoms with Crippen molar-refractivity contribution in [1.29, 1.82) is 0 Å². The summed E-state index contributed by atoms with van der Waals surface area (Å²) in [5, 5.41) is 10.2. The number of carbonyl (C=O) groups is 4. The number of esters is 3. The number of ketones is 1. The zero-order chi connectivity index (χ0) is 27.2. The van der Waals surface area contributed by atoms with Crippen LogP contribution in [0.1, 0.15) is 80.1 Å². The molecule has 0 amide bonds. The quantitative estimate of drug-likeness (QED) is 0.171. The zero-order valence-electron chi connectivity index (χ0n) is 22.1. The van der Waals surface area contributed by atoms with Crippen LogP contribution in [0.5, 0.6) is 0 Å². The average Bonchev–Trinajstić information content (AvgIpc) is 2.81. The van der Waals surface area contributed by atoms with Crippen molar-refractivity contribution in [3.63, 3.8) is 0 Å². The highest BCUT2D eigenvalue weighted by atomic mass is 16.6. The number of aliphatic hydroxyl groups is 1. The lowest BCUT2D eigenvalue weighted by molar-refractivity contribution is -0.165. The molecule has 0 aliphatic carbocycles. The van der Waals surface area contributed by atoms with Crippen LogP contribution in [0.3, 0.4) is 0 Å². The van der Waals surface area contributed by atoms with Crippen LogP contribution in [0, 0.1) is 0 Å². The van der Waals surface area contributed by atoms with Gasteiger partial charge in [-0.05, 0) is 46.5 Å². The third-order valence-electron chi connectivity index (χ3n) is 5.78. The molecule has 0 aliphatic heterocycles. The fraction of sp³-hybridized carbons (Fsp3) is 0.692. The third kappa shape index (κ3) is 12.1. The first kappa shape index (κ1) is 32.5. The maximum absolute atomic E-state index is 13.0. The Hall–Kier alpha value is -2.52. The standard InChI is InChI=1S/C26H42O9/c1-9-25(8,31)14-15-34-26(10-2,11-3)21(27)12-13-22(28)35-20(16-32-23(29)18(4)5)17-33-24(30)19(6)7/h20,31H,4,6,9-17H2,1-3,5,7-8H3. The normalized spacial score (nSPS) is 13.0. The van der Waals surface area contributed by atoms with E-state index < -0.39 is 35.2 Å². The van der Waals surface area contributed by atoms with Crippen LogP contribution in [0.4, 0.5) is 0 Å². The van der Waals surface area contributed by atoms with E-state index in [1.165, 1.54) is 13.8 Å². The molecule has 35 heavy (non-hydrogen) atoms. The number of hydrogen-bond acceptors (Lipinski definition) is 9. The summed E-state index contributed by atoms with van der Waals surface area (Å²) in [5.41, 5.74) is -1.61. The molecule has 9 nitrogen and oxygen atoms in total. The molecule has 1 unspecified atom stereocenters. The highest BCUT2D eigenvalue weighted by Gasteiger charge is 2.36. The van der Waals surface area contributed by atoms with Crippen LogP contribution in [-0.4, -0.2) is 65.9 Å². The van der Waals surface area contributed by atoms with Gasteiger partial charge in [0.05, 0.1) is 18.6 Å². The summed E-state index contributed by atoms with van der Waals surface area (Å²) in [6.45, 7) is 16.7. The Kier molecular flexibility index (Phi) is 14.4. The Morgan fingerprint density at radius 1 is 0.857 bits per heavy atom. The van der Waals surface area contributed by atoms with Crippen LogP contribution in [-0.2, 0) is 38.1 Å². The minimum Gasteiger partial charge on any atom is -0.458 e. The molecular weight excluding hydrogens is 456 g/mol. The number of ether oxygens (including phenoxy) is 4. The van der Waals surface area contributed by atoms with E-state index in [0.29, 0.717) is 25.7 Å². The molecule has 0 bridgehead atoms. The molecular formula is C26H42O9. The molecule has 0 aromatic carbocycles. The maximum atomic E-state index is 13.0. The van der Waals surface area contributed by atoms with E-state index >= 15 is 0 Å². The van der Waals surface area contributed by atoms with Crippen molar-refractivity contribution < 1.29 is 43.2 Å². The Bertz CT molecular complexity index is 733. The molecule has 0 fully saturated rings. The van der Waals surface area contributed by atoms with Crippen LogP contribution >= 0.6 is 0 Å². The first-order chi connectivity index (χ1) is 16.2. The second-order valence-corrected chi connectivity index (χ2v) is 8.94. The molecule has 200 valence electrons. The summed E-state index contributed by atoms with van der Waals surface area (Å²) < 4.78 is 21.3. The van der Waals surface area contributed by atoms with Gasteiger partial charge in [-0.15, -0.1) is 0 Å². The number of hydrogen-bond donors (Lipinski definition) is 1. The van der Waals surface area contributed by atoms with Gasteiger partial charge in [-0.25, -0.2) is 9.59 Å². The zero-order valence-corrected chi connectivity index (χ0v) is 22.1. The lowest BCUT2D eigenvalue weighted by atomic mass is 9.89. The predicted octanol–water partition coefficient (Wildman–Crippen LogP) is 3.61. The van der Waals surface area contributed by atoms with Gasteiger partial charge in [0.1, 0.15) is 18.8 Å². The van der Waals surface area contributed by atoms with Gasteiger partial charge in [0, 0.05) is 17.6 Å². The van der Waals surface area contributed by atoms with Crippen molar-refractivity contribution in [3.8, 4) is 0 Å². The Morgan fingerprint density at radius 3 is 1.74 bits per heavy atom. The Labute approximate surface area is 208 Å². The number of carbonyl (C=O) groups excluding carboxylic acids is 4. The van der Waals surface area contributed by atoms with E-state index in [0.717, 1.165) is 0 Å². The molecule has 0 saturated heterocycles. The molecule has 0 radical (unpaired) electrons. The highest BCUT2D eigenvalue weighted by molar-refractivity contribution is 5.90. The topological polar surface area (TPSA) is 125 Å². The van der Waals surface area contributed by atoms with Gasteiger partial charge in [-0.3, -0.25) is 9.59 Å². The van der Waals surface area contributed by atoms with Gasteiger partial charge in [0.25, 0.3) is 0 Å². The van der Waals surface area contributed by atoms with Crippen molar-refractivity contribution in [2.45, 2.75) is 97.4 Å². The van der Waals surface area contributed by atoms with Crippen molar-refractivity contribution in [2.24, 2.45) is 0 Å². The predicted molar refractivity (Wildman–Crippen MR) is 130 cm³/mol. The monoisotopic (exact) mass is 498 g/mol. The Balaban J connectivity index is 5.05. The lowest BCUT2D eigenvalue weighted by Gasteiger charge is -2.32. The van der Waals surface area contributed by atoms with Gasteiger partial charge in [0.15, 0.2) is 11.9 Å². The molecule has 0 heterocycles. The third-order valence-corrected chi connectivity index (χ3v) is 5.78. The summed E-state index contributed by atoms with van der Waals surface area (Å²) in [7, 11) is 0. The first-order valence-electron chi connectivity index (χ1n) is 12.0. The summed E-state index contributed by atoms with van der Waals surface area (Å²) in [5.74, 6) is -2.31. The highest BCUT2D eigenvalue weighted by Crippen LogP contribution is 2.26. The number of Topliss-reactive ketones (excluding diaryl/α,β-unsaturated/α-hetero) is 1. The van der Waals surface area contributed by atoms with Gasteiger partial charge >= 0.3 is 17.9 Å². The summed E-state index contributed by atoms with van der Waals surface area (Å²) >= 11 is 0. The van der Waals surface area contributed by atoms with Crippen molar-refractivity contribution in [3.05, 3.63) is 24.3 Å². The van der Waals surface area contributed by atoms with Crippen LogP contribution in [0.2, 0.25) is 0 Å².